The summed E-state index contributed by atoms with van der Waals surface area (Å²) < 4.78 is 14.0. The van der Waals surface area contributed by atoms with Crippen LogP contribution >= 0.6 is 0 Å². The predicted octanol–water partition coefficient (Wildman–Crippen LogP) is 3.84. The van der Waals surface area contributed by atoms with Gasteiger partial charge in [0.05, 0.1) is 12.8 Å². The molecule has 0 spiro atoms. The topological polar surface area (TPSA) is 71.2 Å². The maximum atomic E-state index is 12.3. The molecule has 0 saturated heterocycles. The number of hydrogen-bond acceptors (Lipinski definition) is 5. The van der Waals surface area contributed by atoms with E-state index in [-0.39, 0.29) is 5.69 Å². The van der Waals surface area contributed by atoms with Gasteiger partial charge in [0.25, 0.3) is 0 Å². The van der Waals surface area contributed by atoms with Crippen molar-refractivity contribution in [3.05, 3.63) is 87.8 Å². The average molecular weight is 416 g/mol. The highest BCUT2D eigenvalue weighted by molar-refractivity contribution is 5.70. The molecule has 0 aliphatic heterocycles. The van der Waals surface area contributed by atoms with Crippen molar-refractivity contribution in [2.45, 2.75) is 20.5 Å². The molecule has 3 aromatic carbocycles. The summed E-state index contributed by atoms with van der Waals surface area (Å²) in [5, 5.41) is 7.79. The highest BCUT2D eigenvalue weighted by Gasteiger charge is 2.14. The van der Waals surface area contributed by atoms with Gasteiger partial charge in [-0.1, -0.05) is 30.3 Å². The van der Waals surface area contributed by atoms with E-state index >= 15 is 0 Å². The van der Waals surface area contributed by atoms with Crippen molar-refractivity contribution < 1.29 is 9.47 Å². The third kappa shape index (κ3) is 4.07. The van der Waals surface area contributed by atoms with E-state index in [4.69, 9.17) is 9.47 Å². The van der Waals surface area contributed by atoms with Crippen molar-refractivity contribution in [1.82, 2.24) is 19.8 Å². The number of benzene rings is 3. The summed E-state index contributed by atoms with van der Waals surface area (Å²) in [5.74, 6) is 1.55. The molecule has 4 aromatic rings. The van der Waals surface area contributed by atoms with Gasteiger partial charge in [-0.2, -0.15) is 9.36 Å². The van der Waals surface area contributed by atoms with Crippen LogP contribution in [0.15, 0.2) is 65.5 Å². The molecule has 7 heteroatoms. The van der Waals surface area contributed by atoms with Gasteiger partial charge < -0.3 is 9.47 Å². The lowest BCUT2D eigenvalue weighted by Gasteiger charge is -2.15. The number of ether oxygens (including phenoxy) is 2. The molecule has 0 radical (unpaired) electrons. The molecule has 0 fully saturated rings. The lowest BCUT2D eigenvalue weighted by Crippen LogP contribution is -2.23. The smallest absolute Gasteiger partial charge is 0.368 e. The summed E-state index contributed by atoms with van der Waals surface area (Å²) in [7, 11) is 3.23. The first kappa shape index (κ1) is 20.4. The molecule has 0 saturated carbocycles. The molecule has 7 nitrogen and oxygen atoms in total. The van der Waals surface area contributed by atoms with Crippen LogP contribution in [-0.4, -0.2) is 26.9 Å². The van der Waals surface area contributed by atoms with E-state index in [9.17, 15) is 4.79 Å². The fourth-order valence-corrected chi connectivity index (χ4v) is 3.49. The molecule has 0 aliphatic carbocycles. The number of aryl methyl sites for hydroxylation is 3. The second kappa shape index (κ2) is 8.47. The monoisotopic (exact) mass is 416 g/mol. The zero-order valence-corrected chi connectivity index (χ0v) is 18.0. The van der Waals surface area contributed by atoms with Crippen LogP contribution in [0.4, 0.5) is 0 Å². The second-order valence-corrected chi connectivity index (χ2v) is 7.37. The van der Waals surface area contributed by atoms with Crippen molar-refractivity contribution in [2.24, 2.45) is 7.05 Å². The van der Waals surface area contributed by atoms with Crippen molar-refractivity contribution in [2.75, 3.05) is 7.11 Å². The first-order valence-corrected chi connectivity index (χ1v) is 9.93. The van der Waals surface area contributed by atoms with E-state index in [0.29, 0.717) is 12.3 Å². The molecule has 0 N–H and O–H groups in total. The Morgan fingerprint density at radius 2 is 1.71 bits per heavy atom. The molecule has 0 bridgehead atoms. The minimum absolute atomic E-state index is 0.297. The van der Waals surface area contributed by atoms with Crippen LogP contribution < -0.4 is 15.2 Å². The number of hydrogen-bond donors (Lipinski definition) is 0. The van der Waals surface area contributed by atoms with Crippen molar-refractivity contribution in [3.8, 4) is 28.3 Å². The van der Waals surface area contributed by atoms with Gasteiger partial charge in [-0.05, 0) is 76.9 Å². The van der Waals surface area contributed by atoms with Gasteiger partial charge >= 0.3 is 5.69 Å². The Morgan fingerprint density at radius 1 is 0.903 bits per heavy atom. The summed E-state index contributed by atoms with van der Waals surface area (Å²) in [6.07, 6.45) is 0. The minimum atomic E-state index is -0.303. The van der Waals surface area contributed by atoms with Crippen LogP contribution in [0.2, 0.25) is 0 Å². The number of methoxy groups -OCH3 is 1. The van der Waals surface area contributed by atoms with Crippen LogP contribution in [0, 0.1) is 13.8 Å². The molecule has 158 valence electrons. The van der Waals surface area contributed by atoms with Crippen LogP contribution in [0.5, 0.6) is 11.5 Å². The Balaban J connectivity index is 1.65. The van der Waals surface area contributed by atoms with Gasteiger partial charge in [-0.25, -0.2) is 4.79 Å². The molecule has 1 heterocycles. The molecule has 0 atom stereocenters. The Hall–Kier alpha value is -3.87. The third-order valence-corrected chi connectivity index (χ3v) is 5.31. The van der Waals surface area contributed by atoms with Gasteiger partial charge in [-0.3, -0.25) is 0 Å². The number of rotatable bonds is 6. The fourth-order valence-electron chi connectivity index (χ4n) is 3.49. The van der Waals surface area contributed by atoms with Crippen molar-refractivity contribution >= 4 is 0 Å². The Labute approximate surface area is 180 Å². The number of nitrogens with zero attached hydrogens (tertiary/aromatic N) is 4. The lowest BCUT2D eigenvalue weighted by molar-refractivity contribution is 0.305. The van der Waals surface area contributed by atoms with Crippen molar-refractivity contribution in [1.29, 1.82) is 0 Å². The highest BCUT2D eigenvalue weighted by Crippen LogP contribution is 2.30. The Morgan fingerprint density at radius 3 is 2.45 bits per heavy atom. The molecule has 0 unspecified atom stereocenters. The van der Waals surface area contributed by atoms with E-state index < -0.39 is 0 Å². The summed E-state index contributed by atoms with van der Waals surface area (Å²) in [6, 6.07) is 19.7. The molecular formula is C24H24N4O3. The van der Waals surface area contributed by atoms with E-state index in [1.807, 2.05) is 61.5 Å². The first-order chi connectivity index (χ1) is 15.0. The zero-order valence-electron chi connectivity index (χ0n) is 18.0. The largest absolute Gasteiger partial charge is 0.497 e. The molecule has 1 aromatic heterocycles. The second-order valence-electron chi connectivity index (χ2n) is 7.37. The first-order valence-electron chi connectivity index (χ1n) is 9.93. The van der Waals surface area contributed by atoms with E-state index in [1.165, 1.54) is 9.36 Å². The Kier molecular flexibility index (Phi) is 5.58. The fraction of sp³-hybridized carbons (Fsp3) is 0.208. The molecule has 4 rings (SSSR count). The van der Waals surface area contributed by atoms with Gasteiger partial charge in [0.2, 0.25) is 0 Å². The summed E-state index contributed by atoms with van der Waals surface area (Å²) in [6.45, 7) is 4.35. The van der Waals surface area contributed by atoms with E-state index in [1.54, 1.807) is 14.2 Å². The van der Waals surface area contributed by atoms with Gasteiger partial charge in [0, 0.05) is 12.6 Å². The third-order valence-electron chi connectivity index (χ3n) is 5.31. The number of tetrazole rings is 1. The Bertz CT molecular complexity index is 1290. The SMILES string of the molecule is COc1cccc(-c2cc(OCc3c(C)cccc3-n3nnn(C)c3=O)ccc2C)c1. The summed E-state index contributed by atoms with van der Waals surface area (Å²) in [5.41, 5.74) is 5.53. The minimum Gasteiger partial charge on any atom is -0.497 e. The maximum absolute atomic E-state index is 12.3. The molecule has 0 amide bonds. The van der Waals surface area contributed by atoms with Gasteiger partial charge in [0.1, 0.15) is 18.1 Å². The molecule has 0 aliphatic rings. The quantitative estimate of drug-likeness (QED) is 0.478. The standard InChI is InChI=1S/C24H24N4O3/c1-16-7-5-10-23(28-24(29)27(3)25-26-28)22(16)15-31-20-12-11-17(2)21(14-20)18-8-6-9-19(13-18)30-4/h5-14H,15H2,1-4H3. The lowest BCUT2D eigenvalue weighted by atomic mass is 10.00. The normalized spacial score (nSPS) is 10.8. The molecular weight excluding hydrogens is 392 g/mol. The highest BCUT2D eigenvalue weighted by atomic mass is 16.5. The summed E-state index contributed by atoms with van der Waals surface area (Å²) >= 11 is 0. The average Bonchev–Trinajstić information content (AvgIpc) is 3.12. The number of aromatic nitrogens is 4. The van der Waals surface area contributed by atoms with Crippen LogP contribution in [0.25, 0.3) is 16.8 Å². The van der Waals surface area contributed by atoms with E-state index in [0.717, 1.165) is 39.3 Å². The van der Waals surface area contributed by atoms with Crippen LogP contribution in [0.3, 0.4) is 0 Å². The van der Waals surface area contributed by atoms with Crippen LogP contribution in [0.1, 0.15) is 16.7 Å². The van der Waals surface area contributed by atoms with E-state index in [2.05, 4.69) is 23.4 Å². The van der Waals surface area contributed by atoms with Crippen LogP contribution in [-0.2, 0) is 13.7 Å². The maximum Gasteiger partial charge on any atom is 0.368 e. The predicted molar refractivity (Wildman–Crippen MR) is 119 cm³/mol. The zero-order chi connectivity index (χ0) is 22.0. The molecule has 31 heavy (non-hydrogen) atoms. The van der Waals surface area contributed by atoms with Gasteiger partial charge in [-0.15, -0.1) is 0 Å². The summed E-state index contributed by atoms with van der Waals surface area (Å²) in [4.78, 5) is 12.3. The van der Waals surface area contributed by atoms with Crippen molar-refractivity contribution in [3.63, 3.8) is 0 Å². The van der Waals surface area contributed by atoms with Gasteiger partial charge in [0.15, 0.2) is 0 Å².